The second kappa shape index (κ2) is 5.50. The monoisotopic (exact) mass is 289 g/mol. The van der Waals surface area contributed by atoms with Crippen LogP contribution >= 0.6 is 23.1 Å². The average molecular weight is 289 g/mol. The molecule has 0 spiro atoms. The SMILES string of the molecule is CCn1nnc(Sc2nc(-c3ccccc3)cs2)n1. The molecule has 0 fully saturated rings. The number of tetrazole rings is 1. The number of benzene rings is 1. The summed E-state index contributed by atoms with van der Waals surface area (Å²) in [5.74, 6) is 0. The fourth-order valence-electron chi connectivity index (χ4n) is 1.53. The average Bonchev–Trinajstić information content (AvgIpc) is 3.09. The largest absolute Gasteiger partial charge is 0.238 e. The van der Waals surface area contributed by atoms with Gasteiger partial charge in [-0.05, 0) is 23.9 Å². The van der Waals surface area contributed by atoms with Crippen LogP contribution in [-0.2, 0) is 6.54 Å². The number of aryl methyl sites for hydroxylation is 1. The van der Waals surface area contributed by atoms with E-state index in [-0.39, 0.29) is 0 Å². The molecule has 2 heterocycles. The van der Waals surface area contributed by atoms with Crippen LogP contribution in [0.1, 0.15) is 6.92 Å². The van der Waals surface area contributed by atoms with Gasteiger partial charge in [0.2, 0.25) is 5.16 Å². The van der Waals surface area contributed by atoms with Crippen molar-refractivity contribution >= 4 is 23.1 Å². The lowest BCUT2D eigenvalue weighted by Gasteiger charge is -1.93. The predicted molar refractivity (Wildman–Crippen MR) is 75.2 cm³/mol. The molecule has 2 aromatic heterocycles. The van der Waals surface area contributed by atoms with Crippen LogP contribution in [0, 0.1) is 0 Å². The summed E-state index contributed by atoms with van der Waals surface area (Å²) in [6.07, 6.45) is 0. The van der Waals surface area contributed by atoms with E-state index >= 15 is 0 Å². The molecule has 0 aliphatic carbocycles. The smallest absolute Gasteiger partial charge is 0.229 e. The molecule has 96 valence electrons. The van der Waals surface area contributed by atoms with Gasteiger partial charge in [-0.25, -0.2) is 4.98 Å². The highest BCUT2D eigenvalue weighted by molar-refractivity contribution is 8.00. The van der Waals surface area contributed by atoms with Crippen molar-refractivity contribution in [3.63, 3.8) is 0 Å². The van der Waals surface area contributed by atoms with Crippen LogP contribution in [0.15, 0.2) is 45.2 Å². The fraction of sp³-hybridized carbons (Fsp3) is 0.167. The lowest BCUT2D eigenvalue weighted by molar-refractivity contribution is 0.549. The van der Waals surface area contributed by atoms with Crippen LogP contribution in [0.4, 0.5) is 0 Å². The normalized spacial score (nSPS) is 10.8. The Hall–Kier alpha value is -1.73. The van der Waals surface area contributed by atoms with E-state index < -0.39 is 0 Å². The number of rotatable bonds is 4. The van der Waals surface area contributed by atoms with E-state index in [9.17, 15) is 0 Å². The highest BCUT2D eigenvalue weighted by Crippen LogP contribution is 2.30. The number of hydrogen-bond donors (Lipinski definition) is 0. The zero-order chi connectivity index (χ0) is 13.1. The summed E-state index contributed by atoms with van der Waals surface area (Å²) >= 11 is 3.03. The van der Waals surface area contributed by atoms with Gasteiger partial charge in [0.15, 0.2) is 4.34 Å². The molecule has 5 nitrogen and oxygen atoms in total. The Morgan fingerprint density at radius 1 is 1.26 bits per heavy atom. The van der Waals surface area contributed by atoms with Crippen molar-refractivity contribution in [1.29, 1.82) is 0 Å². The van der Waals surface area contributed by atoms with E-state index in [4.69, 9.17) is 0 Å². The van der Waals surface area contributed by atoms with Crippen molar-refractivity contribution in [2.75, 3.05) is 0 Å². The molecule has 7 heteroatoms. The van der Waals surface area contributed by atoms with Gasteiger partial charge in [0, 0.05) is 10.9 Å². The molecule has 0 amide bonds. The zero-order valence-corrected chi connectivity index (χ0v) is 11.9. The molecule has 1 aromatic carbocycles. The summed E-state index contributed by atoms with van der Waals surface area (Å²) in [5, 5.41) is 14.8. The van der Waals surface area contributed by atoms with Crippen molar-refractivity contribution in [2.45, 2.75) is 23.0 Å². The summed E-state index contributed by atoms with van der Waals surface area (Å²) < 4.78 is 0.925. The molecule has 0 N–H and O–H groups in total. The lowest BCUT2D eigenvalue weighted by Crippen LogP contribution is -1.98. The van der Waals surface area contributed by atoms with Gasteiger partial charge in [0.05, 0.1) is 12.2 Å². The van der Waals surface area contributed by atoms with Crippen molar-refractivity contribution in [3.8, 4) is 11.3 Å². The lowest BCUT2D eigenvalue weighted by atomic mass is 10.2. The Balaban J connectivity index is 1.78. The molecule has 19 heavy (non-hydrogen) atoms. The van der Waals surface area contributed by atoms with E-state index in [1.54, 1.807) is 16.1 Å². The molecule has 0 saturated carbocycles. The van der Waals surface area contributed by atoms with Gasteiger partial charge in [0.25, 0.3) is 0 Å². The van der Waals surface area contributed by atoms with Crippen LogP contribution < -0.4 is 0 Å². The molecular formula is C12H11N5S2. The van der Waals surface area contributed by atoms with Crippen molar-refractivity contribution in [3.05, 3.63) is 35.7 Å². The van der Waals surface area contributed by atoms with E-state index in [2.05, 4.69) is 32.5 Å². The van der Waals surface area contributed by atoms with E-state index in [0.717, 1.165) is 22.1 Å². The second-order valence-electron chi connectivity index (χ2n) is 3.73. The third-order valence-electron chi connectivity index (χ3n) is 2.45. The Morgan fingerprint density at radius 3 is 2.84 bits per heavy atom. The minimum Gasteiger partial charge on any atom is -0.229 e. The Morgan fingerprint density at radius 2 is 2.11 bits per heavy atom. The predicted octanol–water partition coefficient (Wildman–Crippen LogP) is 2.97. The van der Waals surface area contributed by atoms with E-state index in [0.29, 0.717) is 5.16 Å². The first kappa shape index (κ1) is 12.3. The van der Waals surface area contributed by atoms with Gasteiger partial charge < -0.3 is 0 Å². The summed E-state index contributed by atoms with van der Waals surface area (Å²) in [7, 11) is 0. The first-order valence-corrected chi connectivity index (χ1v) is 7.51. The quantitative estimate of drug-likeness (QED) is 0.739. The standard InChI is InChI=1S/C12H11N5S2/c1-2-17-15-11(14-16-17)19-12-13-10(8-18-12)9-6-4-3-5-7-9/h3-8H,2H2,1H3. The van der Waals surface area contributed by atoms with Crippen molar-refractivity contribution in [1.82, 2.24) is 25.2 Å². The Kier molecular flexibility index (Phi) is 3.56. The van der Waals surface area contributed by atoms with Crippen LogP contribution in [0.25, 0.3) is 11.3 Å². The number of nitrogens with zero attached hydrogens (tertiary/aromatic N) is 5. The van der Waals surface area contributed by atoms with Gasteiger partial charge in [-0.3, -0.25) is 0 Å². The van der Waals surface area contributed by atoms with Crippen LogP contribution in [0.5, 0.6) is 0 Å². The zero-order valence-electron chi connectivity index (χ0n) is 10.2. The van der Waals surface area contributed by atoms with Crippen LogP contribution in [-0.4, -0.2) is 25.2 Å². The molecule has 0 bridgehead atoms. The maximum absolute atomic E-state index is 4.58. The minimum atomic E-state index is 0.635. The second-order valence-corrected chi connectivity index (χ2v) is 5.80. The first-order valence-electron chi connectivity index (χ1n) is 5.82. The molecule has 0 unspecified atom stereocenters. The van der Waals surface area contributed by atoms with Crippen LogP contribution in [0.3, 0.4) is 0 Å². The Labute approximate surface area is 118 Å². The number of thiazole rings is 1. The van der Waals surface area contributed by atoms with E-state index in [1.165, 1.54) is 11.8 Å². The highest BCUT2D eigenvalue weighted by Gasteiger charge is 2.09. The molecule has 3 aromatic rings. The summed E-state index contributed by atoms with van der Waals surface area (Å²) in [6, 6.07) is 10.1. The third-order valence-corrected chi connectivity index (χ3v) is 4.23. The van der Waals surface area contributed by atoms with Crippen molar-refractivity contribution in [2.24, 2.45) is 0 Å². The van der Waals surface area contributed by atoms with Gasteiger partial charge in [0.1, 0.15) is 0 Å². The number of aromatic nitrogens is 5. The van der Waals surface area contributed by atoms with Crippen molar-refractivity contribution < 1.29 is 0 Å². The third kappa shape index (κ3) is 2.82. The van der Waals surface area contributed by atoms with Crippen LogP contribution in [0.2, 0.25) is 0 Å². The molecular weight excluding hydrogens is 278 g/mol. The topological polar surface area (TPSA) is 56.5 Å². The summed E-state index contributed by atoms with van der Waals surface area (Å²) in [5.41, 5.74) is 2.10. The summed E-state index contributed by atoms with van der Waals surface area (Å²) in [6.45, 7) is 2.70. The maximum Gasteiger partial charge on any atom is 0.238 e. The van der Waals surface area contributed by atoms with E-state index in [1.807, 2.05) is 30.5 Å². The molecule has 0 saturated heterocycles. The molecule has 3 rings (SSSR count). The van der Waals surface area contributed by atoms with Gasteiger partial charge >= 0.3 is 0 Å². The summed E-state index contributed by atoms with van der Waals surface area (Å²) in [4.78, 5) is 6.14. The molecule has 0 aliphatic rings. The Bertz CT molecular complexity index is 662. The maximum atomic E-state index is 4.58. The fourth-order valence-corrected chi connectivity index (χ4v) is 3.15. The highest BCUT2D eigenvalue weighted by atomic mass is 32.2. The molecule has 0 radical (unpaired) electrons. The number of hydrogen-bond acceptors (Lipinski definition) is 6. The van der Waals surface area contributed by atoms with Gasteiger partial charge in [-0.15, -0.1) is 21.5 Å². The minimum absolute atomic E-state index is 0.635. The van der Waals surface area contributed by atoms with Gasteiger partial charge in [-0.2, -0.15) is 4.80 Å². The van der Waals surface area contributed by atoms with Gasteiger partial charge in [-0.1, -0.05) is 30.3 Å². The molecule has 0 aliphatic heterocycles. The first-order chi connectivity index (χ1) is 9.35. The molecule has 0 atom stereocenters.